The zero-order valence-corrected chi connectivity index (χ0v) is 13.7. The highest BCUT2D eigenvalue weighted by Gasteiger charge is 2.21. The number of ether oxygens (including phenoxy) is 2. The maximum atomic E-state index is 12.2. The van der Waals surface area contributed by atoms with Crippen LogP contribution in [0.25, 0.3) is 10.6 Å². The third-order valence-corrected chi connectivity index (χ3v) is 4.94. The summed E-state index contributed by atoms with van der Waals surface area (Å²) in [6.07, 6.45) is 2.01. The van der Waals surface area contributed by atoms with E-state index in [4.69, 9.17) is 21.1 Å². The van der Waals surface area contributed by atoms with Crippen molar-refractivity contribution < 1.29 is 14.3 Å². The number of thiazole rings is 1. The fraction of sp³-hybridized carbons (Fsp3) is 0.375. The molecule has 22 heavy (non-hydrogen) atoms. The second-order valence-corrected chi connectivity index (χ2v) is 6.61. The standard InChI is InChI=1S/C16H16ClNO3S/c1-10-14(16(19)21-9-13-3-2-8-20-13)22-15(18-10)11-4-6-12(17)7-5-11/h4-7,13H,2-3,8-9H2,1H3/t13-/m0/s1. The number of carbonyl (C=O) groups is 1. The number of hydrogen-bond acceptors (Lipinski definition) is 5. The average molecular weight is 338 g/mol. The normalized spacial score (nSPS) is 17.6. The van der Waals surface area contributed by atoms with E-state index in [1.54, 1.807) is 0 Å². The molecule has 1 atom stereocenters. The molecule has 1 aliphatic heterocycles. The van der Waals surface area contributed by atoms with Gasteiger partial charge in [-0.2, -0.15) is 0 Å². The predicted molar refractivity (Wildman–Crippen MR) is 86.6 cm³/mol. The van der Waals surface area contributed by atoms with E-state index >= 15 is 0 Å². The Bertz CT molecular complexity index is 663. The first-order valence-electron chi connectivity index (χ1n) is 7.15. The number of aromatic nitrogens is 1. The van der Waals surface area contributed by atoms with Gasteiger partial charge in [0.2, 0.25) is 0 Å². The van der Waals surface area contributed by atoms with Crippen LogP contribution in [0.3, 0.4) is 0 Å². The lowest BCUT2D eigenvalue weighted by Gasteiger charge is -2.09. The van der Waals surface area contributed by atoms with Gasteiger partial charge in [0.1, 0.15) is 16.5 Å². The lowest BCUT2D eigenvalue weighted by Crippen LogP contribution is -2.17. The summed E-state index contributed by atoms with van der Waals surface area (Å²) in [5.41, 5.74) is 1.63. The molecule has 2 heterocycles. The lowest BCUT2D eigenvalue weighted by molar-refractivity contribution is 0.0164. The largest absolute Gasteiger partial charge is 0.459 e. The van der Waals surface area contributed by atoms with Crippen molar-refractivity contribution in [2.45, 2.75) is 25.9 Å². The van der Waals surface area contributed by atoms with Crippen LogP contribution in [0, 0.1) is 6.92 Å². The minimum atomic E-state index is -0.328. The van der Waals surface area contributed by atoms with Gasteiger partial charge in [-0.15, -0.1) is 11.3 Å². The van der Waals surface area contributed by atoms with E-state index in [-0.39, 0.29) is 12.1 Å². The van der Waals surface area contributed by atoms with E-state index in [0.29, 0.717) is 22.2 Å². The summed E-state index contributed by atoms with van der Waals surface area (Å²) in [6, 6.07) is 7.40. The maximum absolute atomic E-state index is 12.2. The molecule has 4 nitrogen and oxygen atoms in total. The summed E-state index contributed by atoms with van der Waals surface area (Å²) in [5, 5.41) is 1.46. The van der Waals surface area contributed by atoms with Crippen LogP contribution in [-0.2, 0) is 9.47 Å². The van der Waals surface area contributed by atoms with Crippen molar-refractivity contribution in [3.05, 3.63) is 39.9 Å². The van der Waals surface area contributed by atoms with Gasteiger partial charge in [0.15, 0.2) is 0 Å². The molecular formula is C16H16ClNO3S. The van der Waals surface area contributed by atoms with Crippen molar-refractivity contribution in [1.82, 2.24) is 4.98 Å². The van der Waals surface area contributed by atoms with Crippen molar-refractivity contribution in [2.75, 3.05) is 13.2 Å². The van der Waals surface area contributed by atoms with Gasteiger partial charge in [0, 0.05) is 17.2 Å². The van der Waals surface area contributed by atoms with Crippen LogP contribution in [0.4, 0.5) is 0 Å². The Hall–Kier alpha value is -1.43. The van der Waals surface area contributed by atoms with Crippen LogP contribution < -0.4 is 0 Å². The highest BCUT2D eigenvalue weighted by Crippen LogP contribution is 2.29. The molecule has 0 aliphatic carbocycles. The van der Waals surface area contributed by atoms with Crippen LogP contribution in [0.15, 0.2) is 24.3 Å². The van der Waals surface area contributed by atoms with E-state index in [9.17, 15) is 4.79 Å². The number of nitrogens with zero attached hydrogens (tertiary/aromatic N) is 1. The molecule has 0 bridgehead atoms. The summed E-state index contributed by atoms with van der Waals surface area (Å²) in [7, 11) is 0. The summed E-state index contributed by atoms with van der Waals surface area (Å²) in [4.78, 5) is 17.2. The molecule has 0 radical (unpaired) electrons. The Morgan fingerprint density at radius 3 is 2.91 bits per heavy atom. The lowest BCUT2D eigenvalue weighted by atomic mass is 10.2. The first kappa shape index (κ1) is 15.5. The Labute approximate surface area is 138 Å². The summed E-state index contributed by atoms with van der Waals surface area (Å²) >= 11 is 7.23. The van der Waals surface area contributed by atoms with E-state index in [2.05, 4.69) is 4.98 Å². The third kappa shape index (κ3) is 3.48. The topological polar surface area (TPSA) is 48.4 Å². The third-order valence-electron chi connectivity index (χ3n) is 3.50. The Kier molecular flexibility index (Phi) is 4.76. The van der Waals surface area contributed by atoms with Crippen LogP contribution in [0.2, 0.25) is 5.02 Å². The molecule has 6 heteroatoms. The average Bonchev–Trinajstić information content (AvgIpc) is 3.15. The highest BCUT2D eigenvalue weighted by molar-refractivity contribution is 7.17. The van der Waals surface area contributed by atoms with E-state index in [0.717, 1.165) is 30.0 Å². The van der Waals surface area contributed by atoms with Gasteiger partial charge in [-0.3, -0.25) is 0 Å². The van der Waals surface area contributed by atoms with Gasteiger partial charge in [-0.05, 0) is 31.9 Å². The number of aryl methyl sites for hydroxylation is 1. The Morgan fingerprint density at radius 2 is 2.23 bits per heavy atom. The van der Waals surface area contributed by atoms with Crippen molar-refractivity contribution in [2.24, 2.45) is 0 Å². The minimum Gasteiger partial charge on any atom is -0.459 e. The van der Waals surface area contributed by atoms with Crippen molar-refractivity contribution >= 4 is 28.9 Å². The van der Waals surface area contributed by atoms with Crippen LogP contribution in [0.1, 0.15) is 28.2 Å². The van der Waals surface area contributed by atoms with Crippen molar-refractivity contribution in [3.8, 4) is 10.6 Å². The van der Waals surface area contributed by atoms with Gasteiger partial charge in [0.05, 0.1) is 11.8 Å². The second-order valence-electron chi connectivity index (χ2n) is 5.17. The highest BCUT2D eigenvalue weighted by atomic mass is 35.5. The molecule has 1 aromatic heterocycles. The summed E-state index contributed by atoms with van der Waals surface area (Å²) in [6.45, 7) is 2.88. The Morgan fingerprint density at radius 1 is 1.45 bits per heavy atom. The monoisotopic (exact) mass is 337 g/mol. The minimum absolute atomic E-state index is 0.0351. The molecule has 1 saturated heterocycles. The number of esters is 1. The molecule has 2 aromatic rings. The van der Waals surface area contributed by atoms with E-state index in [1.165, 1.54) is 11.3 Å². The van der Waals surface area contributed by atoms with Crippen molar-refractivity contribution in [3.63, 3.8) is 0 Å². The molecule has 1 aliphatic rings. The van der Waals surface area contributed by atoms with Gasteiger partial charge in [-0.1, -0.05) is 23.7 Å². The molecule has 1 fully saturated rings. The van der Waals surface area contributed by atoms with Gasteiger partial charge < -0.3 is 9.47 Å². The molecular weight excluding hydrogens is 322 g/mol. The van der Waals surface area contributed by atoms with E-state index in [1.807, 2.05) is 31.2 Å². The summed E-state index contributed by atoms with van der Waals surface area (Å²) in [5.74, 6) is -0.328. The maximum Gasteiger partial charge on any atom is 0.350 e. The van der Waals surface area contributed by atoms with Crippen LogP contribution in [0.5, 0.6) is 0 Å². The molecule has 3 rings (SSSR count). The fourth-order valence-electron chi connectivity index (χ4n) is 2.31. The number of rotatable bonds is 4. The smallest absolute Gasteiger partial charge is 0.350 e. The van der Waals surface area contributed by atoms with Gasteiger partial charge in [0.25, 0.3) is 0 Å². The van der Waals surface area contributed by atoms with Crippen LogP contribution >= 0.6 is 22.9 Å². The van der Waals surface area contributed by atoms with E-state index < -0.39 is 0 Å². The molecule has 1 aromatic carbocycles. The van der Waals surface area contributed by atoms with Gasteiger partial charge in [-0.25, -0.2) is 9.78 Å². The van der Waals surface area contributed by atoms with Crippen LogP contribution in [-0.4, -0.2) is 30.3 Å². The molecule has 0 unspecified atom stereocenters. The number of halogens is 1. The molecule has 0 spiro atoms. The molecule has 116 valence electrons. The number of benzene rings is 1. The van der Waals surface area contributed by atoms with Crippen molar-refractivity contribution in [1.29, 1.82) is 0 Å². The molecule has 0 N–H and O–H groups in total. The van der Waals surface area contributed by atoms with Gasteiger partial charge >= 0.3 is 5.97 Å². The zero-order valence-electron chi connectivity index (χ0n) is 12.2. The fourth-order valence-corrected chi connectivity index (χ4v) is 3.40. The summed E-state index contributed by atoms with van der Waals surface area (Å²) < 4.78 is 10.8. The predicted octanol–water partition coefficient (Wildman–Crippen LogP) is 4.11. The number of carbonyl (C=O) groups excluding carboxylic acids is 1. The first-order chi connectivity index (χ1) is 10.6. The first-order valence-corrected chi connectivity index (χ1v) is 8.35. The second kappa shape index (κ2) is 6.77. The quantitative estimate of drug-likeness (QED) is 0.788. The SMILES string of the molecule is Cc1nc(-c2ccc(Cl)cc2)sc1C(=O)OC[C@@H]1CCCO1. The Balaban J connectivity index is 1.71. The molecule has 0 saturated carbocycles. The number of hydrogen-bond donors (Lipinski definition) is 0. The molecule has 0 amide bonds. The zero-order chi connectivity index (χ0) is 15.5.